The van der Waals surface area contributed by atoms with E-state index in [1.165, 1.54) is 12.2 Å². The van der Waals surface area contributed by atoms with Gasteiger partial charge < -0.3 is 122 Å². The molecular formula is C70H122O24. The molecule has 2 rings (SSSR count). The van der Waals surface area contributed by atoms with Crippen LogP contribution in [0.2, 0.25) is 0 Å². The van der Waals surface area contributed by atoms with Crippen LogP contribution in [0.5, 0.6) is 0 Å². The summed E-state index contributed by atoms with van der Waals surface area (Å²) in [7, 11) is 0. The van der Waals surface area contributed by atoms with Crippen molar-refractivity contribution in [2.75, 3.05) is 6.61 Å². The third-order valence-corrected chi connectivity index (χ3v) is 17.8. The average molecular weight is 1350 g/mol. The third kappa shape index (κ3) is 34.6. The zero-order valence-corrected chi connectivity index (χ0v) is 55.4. The van der Waals surface area contributed by atoms with Gasteiger partial charge in [0.25, 0.3) is 0 Å². The molecule has 0 aliphatic carbocycles. The van der Waals surface area contributed by atoms with E-state index in [4.69, 9.17) is 14.6 Å². The van der Waals surface area contributed by atoms with Gasteiger partial charge in [-0.2, -0.15) is 0 Å². The number of unbranched alkanes of at least 4 members (excludes halogenated alkanes) is 2. The van der Waals surface area contributed by atoms with Crippen molar-refractivity contribution >= 4 is 0 Å². The van der Waals surface area contributed by atoms with E-state index in [0.29, 0.717) is 89.0 Å². The Hall–Kier alpha value is -3.04. The number of aliphatic hydroxyl groups excluding tert-OH is 22. The minimum Gasteiger partial charge on any atom is -0.394 e. The van der Waals surface area contributed by atoms with Gasteiger partial charge in [0.05, 0.1) is 98.2 Å². The van der Waals surface area contributed by atoms with Crippen LogP contribution in [-0.4, -0.2) is 272 Å². The van der Waals surface area contributed by atoms with Gasteiger partial charge in [-0.3, -0.25) is 0 Å². The molecule has 22 N–H and O–H groups in total. The molecule has 0 aromatic rings. The maximum absolute atomic E-state index is 11.2. The summed E-state index contributed by atoms with van der Waals surface area (Å²) >= 11 is 0. The summed E-state index contributed by atoms with van der Waals surface area (Å²) in [6, 6.07) is 0. The molecule has 2 fully saturated rings. The maximum atomic E-state index is 11.2. The topological polar surface area (TPSA) is 464 Å². The lowest BCUT2D eigenvalue weighted by atomic mass is 9.87. The summed E-state index contributed by atoms with van der Waals surface area (Å²) in [5, 5.41) is 233. The number of aliphatic hydroxyl groups is 22. The Morgan fingerprint density at radius 2 is 0.989 bits per heavy atom. The second-order valence-corrected chi connectivity index (χ2v) is 26.2. The van der Waals surface area contributed by atoms with Gasteiger partial charge in [0, 0.05) is 19.3 Å². The maximum Gasteiger partial charge on any atom is 0.115 e. The number of ether oxygens (including phenoxy) is 2. The molecular weight excluding hydrogens is 1220 g/mol. The van der Waals surface area contributed by atoms with Gasteiger partial charge in [0.2, 0.25) is 0 Å². The predicted molar refractivity (Wildman–Crippen MR) is 354 cm³/mol. The summed E-state index contributed by atoms with van der Waals surface area (Å²) in [5.74, 6) is -0.706. The lowest BCUT2D eigenvalue weighted by molar-refractivity contribution is -0.234. The van der Waals surface area contributed by atoms with E-state index in [1.807, 2.05) is 42.5 Å². The highest BCUT2D eigenvalue weighted by molar-refractivity contribution is 5.12. The van der Waals surface area contributed by atoms with Crippen LogP contribution in [0.15, 0.2) is 97.2 Å². The van der Waals surface area contributed by atoms with Crippen molar-refractivity contribution in [1.82, 2.24) is 0 Å². The summed E-state index contributed by atoms with van der Waals surface area (Å²) in [5.41, 5.74) is 0.470. The molecule has 94 heavy (non-hydrogen) atoms. The van der Waals surface area contributed by atoms with Crippen molar-refractivity contribution in [3.8, 4) is 0 Å². The molecule has 0 aromatic carbocycles. The van der Waals surface area contributed by atoms with E-state index in [-0.39, 0.29) is 76.4 Å². The molecule has 24 heteroatoms. The van der Waals surface area contributed by atoms with Gasteiger partial charge >= 0.3 is 0 Å². The minimum absolute atomic E-state index is 0.00253. The van der Waals surface area contributed by atoms with E-state index in [1.54, 1.807) is 32.1 Å². The zero-order chi connectivity index (χ0) is 70.5. The Labute approximate surface area is 556 Å². The van der Waals surface area contributed by atoms with Gasteiger partial charge in [-0.1, -0.05) is 92.0 Å². The predicted octanol–water partition coefficient (Wildman–Crippen LogP) is 0.951. The molecule has 0 amide bonds. The number of rotatable bonds is 51. The SMILES string of the molecule is C=CCC/C=C/C=C/C=C/CC/C=C/C(O)C(O)C1OC(C(O)C(O)C(=C)CCC(O)C2CC(O)C(O)C(C(O)C(O)/C=C(\C)CCC(O)CC(O)C(O)C(C)CC(O)C(O)CCCC(O)CCCC(O)CCCC(O)CCCC(O)/C=C/CC(O)CO)O2)CC(O)C1O. The fourth-order valence-corrected chi connectivity index (χ4v) is 11.6. The van der Waals surface area contributed by atoms with Crippen molar-refractivity contribution in [3.63, 3.8) is 0 Å². The molecule has 26 atom stereocenters. The van der Waals surface area contributed by atoms with E-state index >= 15 is 0 Å². The molecule has 0 spiro atoms. The van der Waals surface area contributed by atoms with Crippen molar-refractivity contribution in [2.45, 2.75) is 327 Å². The molecule has 0 aromatic heterocycles. The highest BCUT2D eigenvalue weighted by Gasteiger charge is 2.47. The minimum atomic E-state index is -1.83. The van der Waals surface area contributed by atoms with E-state index in [2.05, 4.69) is 13.2 Å². The number of hydrogen-bond donors (Lipinski definition) is 22. The van der Waals surface area contributed by atoms with Crippen LogP contribution in [-0.2, 0) is 9.47 Å². The van der Waals surface area contributed by atoms with Crippen LogP contribution in [0.1, 0.15) is 174 Å². The molecule has 0 saturated carbocycles. The lowest BCUT2D eigenvalue weighted by Crippen LogP contribution is -2.59. The fourth-order valence-electron chi connectivity index (χ4n) is 11.6. The van der Waals surface area contributed by atoms with Gasteiger partial charge in [0.15, 0.2) is 0 Å². The van der Waals surface area contributed by atoms with Gasteiger partial charge in [-0.25, -0.2) is 0 Å². The summed E-state index contributed by atoms with van der Waals surface area (Å²) < 4.78 is 11.6. The Kier molecular flexibility index (Phi) is 45.1. The standard InChI is InChI=1S/C70H122O24/c1-5-6-7-8-9-10-11-12-13-14-15-16-31-54(80)64(88)69-67(91)59(85)41-61(94-69)68(92)63(87)44(3)34-36-53(79)60-40-58(84)66(90)70(93-60)65(89)56(82)37-43(2)33-35-50(76)39-57(83)62(86)45(4)38-55(81)52(78)32-21-29-49(75)27-19-25-47(73)23-17-22-46(72)24-18-26-48(74)28-20-30-51(77)42-71/h5,8-13,16,20,28,31,37,45-92H,1,3,6-7,14-15,17-19,21-27,29-30,32-36,38-42H2,2,4H3/b9-8+,11-10+,13-12+,28-20+,31-16+,43-37+. The van der Waals surface area contributed by atoms with E-state index < -0.39 is 159 Å². The van der Waals surface area contributed by atoms with Crippen LogP contribution in [0.3, 0.4) is 0 Å². The van der Waals surface area contributed by atoms with Crippen LogP contribution >= 0.6 is 0 Å². The first-order valence-corrected chi connectivity index (χ1v) is 34.0. The smallest absolute Gasteiger partial charge is 0.115 e. The largest absolute Gasteiger partial charge is 0.394 e. The molecule has 2 aliphatic heterocycles. The zero-order valence-electron chi connectivity index (χ0n) is 55.4. The van der Waals surface area contributed by atoms with Crippen molar-refractivity contribution < 1.29 is 122 Å². The number of hydrogen-bond acceptors (Lipinski definition) is 24. The van der Waals surface area contributed by atoms with Crippen LogP contribution in [0.25, 0.3) is 0 Å². The average Bonchev–Trinajstić information content (AvgIpc) is 0.824. The third-order valence-electron chi connectivity index (χ3n) is 17.8. The molecule has 546 valence electrons. The second kappa shape index (κ2) is 48.7. The van der Waals surface area contributed by atoms with E-state index in [9.17, 15) is 107 Å². The van der Waals surface area contributed by atoms with Gasteiger partial charge in [0.1, 0.15) is 61.0 Å². The fraction of sp³-hybridized carbons (Fsp3) is 0.771. The Bertz CT molecular complexity index is 2180. The monoisotopic (exact) mass is 1350 g/mol. The molecule has 2 heterocycles. The second-order valence-electron chi connectivity index (χ2n) is 26.2. The van der Waals surface area contributed by atoms with Crippen molar-refractivity contribution in [1.29, 1.82) is 0 Å². The first kappa shape index (κ1) is 87.0. The van der Waals surface area contributed by atoms with Crippen LogP contribution < -0.4 is 0 Å². The first-order valence-electron chi connectivity index (χ1n) is 34.0. The highest BCUT2D eigenvalue weighted by Crippen LogP contribution is 2.32. The molecule has 2 saturated heterocycles. The quantitative estimate of drug-likeness (QED) is 0.0229. The molecule has 26 unspecified atom stereocenters. The Balaban J connectivity index is 1.76. The summed E-state index contributed by atoms with van der Waals surface area (Å²) in [6.07, 6.45) is -5.20. The lowest BCUT2D eigenvalue weighted by Gasteiger charge is -2.42. The van der Waals surface area contributed by atoms with Crippen molar-refractivity contribution in [2.24, 2.45) is 5.92 Å². The van der Waals surface area contributed by atoms with Crippen LogP contribution in [0, 0.1) is 5.92 Å². The normalized spacial score (nSPS) is 27.0. The Morgan fingerprint density at radius 1 is 0.489 bits per heavy atom. The summed E-state index contributed by atoms with van der Waals surface area (Å²) in [4.78, 5) is 0. The number of allylic oxidation sites excluding steroid dienone is 9. The molecule has 0 bridgehead atoms. The molecule has 0 radical (unpaired) electrons. The van der Waals surface area contributed by atoms with E-state index in [0.717, 1.165) is 12.8 Å². The van der Waals surface area contributed by atoms with Gasteiger partial charge in [-0.15, -0.1) is 6.58 Å². The summed E-state index contributed by atoms with van der Waals surface area (Å²) in [6.45, 7) is 10.3. The van der Waals surface area contributed by atoms with Gasteiger partial charge in [-0.05, 0) is 160 Å². The first-order chi connectivity index (χ1) is 44.5. The highest BCUT2D eigenvalue weighted by atomic mass is 16.6. The molecule has 24 nitrogen and oxygen atoms in total. The Morgan fingerprint density at radius 3 is 1.54 bits per heavy atom. The van der Waals surface area contributed by atoms with Crippen LogP contribution in [0.4, 0.5) is 0 Å². The van der Waals surface area contributed by atoms with Crippen molar-refractivity contribution in [3.05, 3.63) is 97.2 Å². The molecule has 2 aliphatic rings.